The van der Waals surface area contributed by atoms with Gasteiger partial charge in [0.15, 0.2) is 6.10 Å². The quantitative estimate of drug-likeness (QED) is 0.343. The number of nitrogens with zero attached hydrogens (tertiary/aromatic N) is 3. The highest BCUT2D eigenvalue weighted by Crippen LogP contribution is 2.32. The van der Waals surface area contributed by atoms with Crippen molar-refractivity contribution in [2.45, 2.75) is 70.9 Å². The van der Waals surface area contributed by atoms with Gasteiger partial charge in [0, 0.05) is 59.8 Å². The van der Waals surface area contributed by atoms with Crippen LogP contribution in [0.15, 0.2) is 51.4 Å². The summed E-state index contributed by atoms with van der Waals surface area (Å²) in [6, 6.07) is 13.8. The molecule has 2 aromatic rings. The van der Waals surface area contributed by atoms with Gasteiger partial charge in [-0.2, -0.15) is 0 Å². The zero-order valence-corrected chi connectivity index (χ0v) is 28.9. The Labute approximate surface area is 290 Å². The van der Waals surface area contributed by atoms with Gasteiger partial charge in [0.05, 0.1) is 0 Å². The minimum Gasteiger partial charge on any atom is -0.436 e. The molecule has 4 aliphatic heterocycles. The van der Waals surface area contributed by atoms with Crippen molar-refractivity contribution in [1.29, 1.82) is 0 Å². The number of fused-ring (bicyclic) bond motifs is 1. The van der Waals surface area contributed by atoms with Crippen LogP contribution in [0.5, 0.6) is 0 Å². The maximum atomic E-state index is 13.9. The SMILES string of the molecule is C.O=C(O[C@H](Cc1cc(Br)cc(Br)c1)C(=O)N1CCC(C2CCNCC2)CC1)N1CCC(N2CCc3ccccc3NC2=O)CC1. The highest BCUT2D eigenvalue weighted by molar-refractivity contribution is 9.11. The van der Waals surface area contributed by atoms with Gasteiger partial charge in [0.2, 0.25) is 0 Å². The summed E-state index contributed by atoms with van der Waals surface area (Å²) in [5.41, 5.74) is 2.92. The smallest absolute Gasteiger partial charge is 0.410 e. The van der Waals surface area contributed by atoms with Gasteiger partial charge < -0.3 is 30.1 Å². The molecular weight excluding hydrogens is 714 g/mol. The minimum atomic E-state index is -0.901. The molecule has 3 fully saturated rings. The van der Waals surface area contributed by atoms with E-state index in [1.54, 1.807) is 4.90 Å². The van der Waals surface area contributed by atoms with Gasteiger partial charge >= 0.3 is 12.1 Å². The lowest BCUT2D eigenvalue weighted by Gasteiger charge is -2.39. The van der Waals surface area contributed by atoms with Crippen molar-refractivity contribution < 1.29 is 19.1 Å². The molecule has 1 atom stereocenters. The van der Waals surface area contributed by atoms with Crippen LogP contribution in [0.1, 0.15) is 57.1 Å². The molecule has 0 radical (unpaired) electrons. The lowest BCUT2D eigenvalue weighted by atomic mass is 9.79. The fourth-order valence-electron chi connectivity index (χ4n) is 7.53. The van der Waals surface area contributed by atoms with Crippen molar-refractivity contribution in [3.63, 3.8) is 0 Å². The molecule has 2 aromatic carbocycles. The largest absolute Gasteiger partial charge is 0.436 e. The molecule has 2 N–H and O–H groups in total. The molecule has 4 heterocycles. The number of para-hydroxylation sites is 1. The number of hydrogen-bond donors (Lipinski definition) is 2. The summed E-state index contributed by atoms with van der Waals surface area (Å²) >= 11 is 7.10. The van der Waals surface area contributed by atoms with Crippen LogP contribution < -0.4 is 10.6 Å². The number of hydrogen-bond acceptors (Lipinski definition) is 5. The van der Waals surface area contributed by atoms with Crippen molar-refractivity contribution in [3.8, 4) is 0 Å². The van der Waals surface area contributed by atoms with E-state index in [1.165, 1.54) is 12.8 Å². The Hall–Kier alpha value is -2.63. The van der Waals surface area contributed by atoms with Crippen molar-refractivity contribution in [1.82, 2.24) is 20.0 Å². The van der Waals surface area contributed by atoms with Gasteiger partial charge in [-0.05, 0) is 105 Å². The van der Waals surface area contributed by atoms with Crippen molar-refractivity contribution in [2.75, 3.05) is 51.1 Å². The second kappa shape index (κ2) is 16.0. The van der Waals surface area contributed by atoms with Crippen LogP contribution in [-0.2, 0) is 22.4 Å². The molecule has 6 rings (SSSR count). The second-order valence-corrected chi connectivity index (χ2v) is 14.7. The standard InChI is InChI=1S/C34H43Br2N5O4.CH4/c35-27-19-23(20-28(36)22-27)21-31(32(42)39-14-7-25(8-15-39)24-5-12-37-13-6-24)45-34(44)40-16-10-29(11-17-40)41-18-9-26-3-1-2-4-30(26)38-33(41)43;/h1-4,19-20,22,24-25,29,31,37H,5-18,21H2,(H,38,43);1H4/t31-;/m1./s1. The molecule has 11 heteroatoms. The molecule has 0 saturated carbocycles. The molecule has 0 aromatic heterocycles. The third-order valence-corrected chi connectivity index (χ3v) is 11.0. The fourth-order valence-corrected chi connectivity index (χ4v) is 8.92. The van der Waals surface area contributed by atoms with Crippen LogP contribution in [0.3, 0.4) is 0 Å². The predicted molar refractivity (Wildman–Crippen MR) is 188 cm³/mol. The van der Waals surface area contributed by atoms with E-state index in [0.717, 1.165) is 64.0 Å². The zero-order chi connectivity index (χ0) is 31.3. The number of anilines is 1. The summed E-state index contributed by atoms with van der Waals surface area (Å²) in [5, 5.41) is 6.51. The maximum absolute atomic E-state index is 13.9. The Kier molecular flexibility index (Phi) is 12.1. The van der Waals surface area contributed by atoms with E-state index in [2.05, 4.69) is 48.6 Å². The highest BCUT2D eigenvalue weighted by atomic mass is 79.9. The molecule has 0 bridgehead atoms. The molecule has 0 unspecified atom stereocenters. The first-order valence-corrected chi connectivity index (χ1v) is 18.0. The zero-order valence-electron chi connectivity index (χ0n) is 25.7. The Morgan fingerprint density at radius 1 is 0.848 bits per heavy atom. The molecule has 250 valence electrons. The monoisotopic (exact) mass is 759 g/mol. The Morgan fingerprint density at radius 2 is 1.48 bits per heavy atom. The summed E-state index contributed by atoms with van der Waals surface area (Å²) in [6.45, 7) is 5.18. The van der Waals surface area contributed by atoms with Crippen molar-refractivity contribution in [2.24, 2.45) is 11.8 Å². The molecule has 0 aliphatic carbocycles. The van der Waals surface area contributed by atoms with Crippen LogP contribution in [0, 0.1) is 11.8 Å². The van der Waals surface area contributed by atoms with E-state index >= 15 is 0 Å². The number of rotatable bonds is 6. The van der Waals surface area contributed by atoms with Crippen LogP contribution in [-0.4, -0.2) is 90.7 Å². The van der Waals surface area contributed by atoms with Crippen LogP contribution >= 0.6 is 31.9 Å². The lowest BCUT2D eigenvalue weighted by molar-refractivity contribution is -0.142. The molecule has 9 nitrogen and oxygen atoms in total. The number of carbonyl (C=O) groups is 3. The van der Waals surface area contributed by atoms with Gasteiger partial charge in [-0.15, -0.1) is 0 Å². The van der Waals surface area contributed by atoms with E-state index in [-0.39, 0.29) is 25.4 Å². The normalized spacial score (nSPS) is 20.7. The average Bonchev–Trinajstić information content (AvgIpc) is 3.22. The summed E-state index contributed by atoms with van der Waals surface area (Å²) < 4.78 is 7.86. The average molecular weight is 762 g/mol. The summed E-state index contributed by atoms with van der Waals surface area (Å²) in [4.78, 5) is 46.1. The molecule has 46 heavy (non-hydrogen) atoms. The first kappa shape index (κ1) is 34.7. The summed E-state index contributed by atoms with van der Waals surface area (Å²) in [7, 11) is 0. The number of amides is 4. The molecule has 0 spiro atoms. The Balaban J connectivity index is 0.00000417. The predicted octanol–water partition coefficient (Wildman–Crippen LogP) is 6.69. The topological polar surface area (TPSA) is 94.2 Å². The van der Waals surface area contributed by atoms with Gasteiger partial charge in [-0.25, -0.2) is 9.59 Å². The van der Waals surface area contributed by atoms with E-state index in [0.29, 0.717) is 57.9 Å². The van der Waals surface area contributed by atoms with E-state index in [4.69, 9.17) is 4.74 Å². The third-order valence-electron chi connectivity index (χ3n) is 10.1. The fraction of sp³-hybridized carbons (Fsp3) is 0.571. The van der Waals surface area contributed by atoms with Gasteiger partial charge in [0.25, 0.3) is 5.91 Å². The Bertz CT molecular complexity index is 1350. The van der Waals surface area contributed by atoms with E-state index in [9.17, 15) is 14.4 Å². The Morgan fingerprint density at radius 3 is 2.17 bits per heavy atom. The number of urea groups is 1. The third kappa shape index (κ3) is 8.44. The van der Waals surface area contributed by atoms with Crippen LogP contribution in [0.25, 0.3) is 0 Å². The first-order chi connectivity index (χ1) is 21.8. The molecular formula is C35H47Br2N5O4. The lowest BCUT2D eigenvalue weighted by Crippen LogP contribution is -2.52. The summed E-state index contributed by atoms with van der Waals surface area (Å²) in [6.07, 6.45) is 5.50. The highest BCUT2D eigenvalue weighted by Gasteiger charge is 2.36. The van der Waals surface area contributed by atoms with Crippen molar-refractivity contribution in [3.05, 3.63) is 62.5 Å². The number of benzene rings is 2. The van der Waals surface area contributed by atoms with Gasteiger partial charge in [-0.1, -0.05) is 57.5 Å². The number of carbonyl (C=O) groups excluding carboxylic acids is 3. The van der Waals surface area contributed by atoms with Crippen molar-refractivity contribution >= 4 is 55.6 Å². The molecule has 3 saturated heterocycles. The number of piperidine rings is 3. The maximum Gasteiger partial charge on any atom is 0.410 e. The number of likely N-dealkylation sites (tertiary alicyclic amines) is 2. The number of halogens is 2. The van der Waals surface area contributed by atoms with Gasteiger partial charge in [0.1, 0.15) is 0 Å². The number of nitrogens with one attached hydrogen (secondary N) is 2. The second-order valence-electron chi connectivity index (χ2n) is 12.9. The minimum absolute atomic E-state index is 0. The summed E-state index contributed by atoms with van der Waals surface area (Å²) in [5.74, 6) is 1.27. The van der Waals surface area contributed by atoms with Crippen LogP contribution in [0.2, 0.25) is 0 Å². The number of ether oxygens (including phenoxy) is 1. The van der Waals surface area contributed by atoms with E-state index in [1.807, 2.05) is 46.2 Å². The molecule has 4 aliphatic rings. The first-order valence-electron chi connectivity index (χ1n) is 16.4. The van der Waals surface area contributed by atoms with E-state index < -0.39 is 12.2 Å². The van der Waals surface area contributed by atoms with Crippen LogP contribution in [0.4, 0.5) is 15.3 Å². The van der Waals surface area contributed by atoms with Gasteiger partial charge in [-0.3, -0.25) is 4.79 Å². The molecule has 4 amide bonds.